The number of carbonyl (C=O) groups excluding carboxylic acids is 2. The molecular weight excluding hydrogens is 387 g/mol. The highest BCUT2D eigenvalue weighted by atomic mass is 79.9. The van der Waals surface area contributed by atoms with Crippen LogP contribution in [0.1, 0.15) is 0 Å². The Labute approximate surface area is 137 Å². The van der Waals surface area contributed by atoms with Crippen molar-refractivity contribution in [2.24, 2.45) is 0 Å². The van der Waals surface area contributed by atoms with Crippen molar-refractivity contribution >= 4 is 33.6 Å². The van der Waals surface area contributed by atoms with Gasteiger partial charge in [-0.15, -0.1) is 13.2 Å². The van der Waals surface area contributed by atoms with Crippen LogP contribution in [0.25, 0.3) is 0 Å². The SMILES string of the molecule is COC(=O)/C=C(/Nc1ccc(Br)cc1OC(F)(F)F)C(=O)OC. The summed E-state index contributed by atoms with van der Waals surface area (Å²) in [6, 6.07) is 3.68. The Kier molecular flexibility index (Phi) is 6.43. The van der Waals surface area contributed by atoms with Crippen LogP contribution in [0.2, 0.25) is 0 Å². The van der Waals surface area contributed by atoms with Gasteiger partial charge in [-0.1, -0.05) is 15.9 Å². The molecule has 0 saturated heterocycles. The third kappa shape index (κ3) is 6.19. The molecule has 1 N–H and O–H groups in total. The maximum Gasteiger partial charge on any atom is 0.573 e. The zero-order chi connectivity index (χ0) is 17.6. The Balaban J connectivity index is 3.20. The summed E-state index contributed by atoms with van der Waals surface area (Å²) in [7, 11) is 2.12. The third-order valence-corrected chi connectivity index (χ3v) is 2.80. The van der Waals surface area contributed by atoms with E-state index in [2.05, 4.69) is 35.5 Å². The molecule has 0 aliphatic carbocycles. The van der Waals surface area contributed by atoms with Gasteiger partial charge in [0.2, 0.25) is 0 Å². The smallest absolute Gasteiger partial charge is 0.466 e. The highest BCUT2D eigenvalue weighted by Crippen LogP contribution is 2.33. The average Bonchev–Trinajstić information content (AvgIpc) is 2.46. The van der Waals surface area contributed by atoms with E-state index in [0.29, 0.717) is 4.47 Å². The molecular formula is C13H11BrF3NO5. The van der Waals surface area contributed by atoms with Gasteiger partial charge in [-0.3, -0.25) is 0 Å². The average molecular weight is 398 g/mol. The number of esters is 2. The lowest BCUT2D eigenvalue weighted by atomic mass is 10.2. The first-order valence-corrected chi connectivity index (χ1v) is 6.66. The molecule has 10 heteroatoms. The molecule has 0 atom stereocenters. The second-order valence-electron chi connectivity index (χ2n) is 3.89. The minimum Gasteiger partial charge on any atom is -0.466 e. The first kappa shape index (κ1) is 18.8. The lowest BCUT2D eigenvalue weighted by Gasteiger charge is -2.15. The summed E-state index contributed by atoms with van der Waals surface area (Å²) < 4.78 is 50.3. The van der Waals surface area contributed by atoms with Crippen LogP contribution in [-0.2, 0) is 19.1 Å². The summed E-state index contributed by atoms with van der Waals surface area (Å²) in [4.78, 5) is 22.8. The van der Waals surface area contributed by atoms with E-state index in [9.17, 15) is 22.8 Å². The van der Waals surface area contributed by atoms with E-state index in [1.807, 2.05) is 0 Å². The van der Waals surface area contributed by atoms with E-state index >= 15 is 0 Å². The van der Waals surface area contributed by atoms with Crippen LogP contribution in [0.5, 0.6) is 5.75 Å². The molecule has 0 fully saturated rings. The quantitative estimate of drug-likeness (QED) is 0.608. The molecule has 23 heavy (non-hydrogen) atoms. The number of hydrogen-bond acceptors (Lipinski definition) is 6. The van der Waals surface area contributed by atoms with Gasteiger partial charge in [0.15, 0.2) is 5.75 Å². The number of hydrogen-bond donors (Lipinski definition) is 1. The van der Waals surface area contributed by atoms with Crippen molar-refractivity contribution in [1.29, 1.82) is 0 Å². The molecule has 0 aliphatic rings. The first-order chi connectivity index (χ1) is 10.7. The van der Waals surface area contributed by atoms with Crippen molar-refractivity contribution in [3.63, 3.8) is 0 Å². The molecule has 1 rings (SSSR count). The number of ether oxygens (including phenoxy) is 3. The molecule has 0 unspecified atom stereocenters. The molecule has 0 aliphatic heterocycles. The van der Waals surface area contributed by atoms with Crippen molar-refractivity contribution in [2.45, 2.75) is 6.36 Å². The topological polar surface area (TPSA) is 73.9 Å². The van der Waals surface area contributed by atoms with E-state index < -0.39 is 29.7 Å². The maximum atomic E-state index is 12.4. The fraction of sp³-hybridized carbons (Fsp3) is 0.231. The molecule has 6 nitrogen and oxygen atoms in total. The Morgan fingerprint density at radius 2 is 1.87 bits per heavy atom. The Bertz CT molecular complexity index is 631. The lowest BCUT2D eigenvalue weighted by molar-refractivity contribution is -0.274. The van der Waals surface area contributed by atoms with Crippen LogP contribution in [-0.4, -0.2) is 32.5 Å². The van der Waals surface area contributed by atoms with Gasteiger partial charge < -0.3 is 19.5 Å². The third-order valence-electron chi connectivity index (χ3n) is 2.31. The normalized spacial score (nSPS) is 11.7. The number of benzene rings is 1. The number of anilines is 1. The van der Waals surface area contributed by atoms with Crippen molar-refractivity contribution in [3.8, 4) is 5.75 Å². The molecule has 1 aromatic carbocycles. The van der Waals surface area contributed by atoms with Crippen LogP contribution >= 0.6 is 15.9 Å². The predicted molar refractivity (Wildman–Crippen MR) is 76.6 cm³/mol. The van der Waals surface area contributed by atoms with Crippen molar-refractivity contribution < 1.29 is 37.0 Å². The minimum absolute atomic E-state index is 0.203. The lowest BCUT2D eigenvalue weighted by Crippen LogP contribution is -2.20. The van der Waals surface area contributed by atoms with Crippen molar-refractivity contribution in [3.05, 3.63) is 34.4 Å². The van der Waals surface area contributed by atoms with Gasteiger partial charge in [0, 0.05) is 4.47 Å². The Hall–Kier alpha value is -2.23. The summed E-state index contributed by atoms with van der Waals surface area (Å²) in [6.45, 7) is 0. The van der Waals surface area contributed by atoms with E-state index in [1.165, 1.54) is 12.1 Å². The molecule has 126 valence electrons. The summed E-state index contributed by atoms with van der Waals surface area (Å²) in [6.07, 6.45) is -4.19. The number of carbonyl (C=O) groups is 2. The van der Waals surface area contributed by atoms with E-state index in [-0.39, 0.29) is 5.69 Å². The van der Waals surface area contributed by atoms with Gasteiger partial charge in [-0.2, -0.15) is 0 Å². The zero-order valence-corrected chi connectivity index (χ0v) is 13.4. The molecule has 0 amide bonds. The number of halogens is 4. The summed E-state index contributed by atoms with van der Waals surface area (Å²) in [5.41, 5.74) is -0.625. The highest BCUT2D eigenvalue weighted by molar-refractivity contribution is 9.10. The molecule has 0 heterocycles. The monoisotopic (exact) mass is 397 g/mol. The van der Waals surface area contributed by atoms with Gasteiger partial charge in [0.25, 0.3) is 0 Å². The van der Waals surface area contributed by atoms with E-state index in [4.69, 9.17) is 0 Å². The molecule has 0 radical (unpaired) electrons. The van der Waals surface area contributed by atoms with Crippen LogP contribution in [0.3, 0.4) is 0 Å². The van der Waals surface area contributed by atoms with Gasteiger partial charge in [-0.05, 0) is 18.2 Å². The number of alkyl halides is 3. The van der Waals surface area contributed by atoms with Crippen LogP contribution in [0, 0.1) is 0 Å². The molecule has 0 bridgehead atoms. The Morgan fingerprint density at radius 1 is 1.22 bits per heavy atom. The second-order valence-corrected chi connectivity index (χ2v) is 4.80. The van der Waals surface area contributed by atoms with Gasteiger partial charge in [0.05, 0.1) is 26.0 Å². The van der Waals surface area contributed by atoms with Gasteiger partial charge in [-0.25, -0.2) is 9.59 Å². The minimum atomic E-state index is -4.94. The molecule has 0 saturated carbocycles. The largest absolute Gasteiger partial charge is 0.573 e. The highest BCUT2D eigenvalue weighted by Gasteiger charge is 2.32. The fourth-order valence-corrected chi connectivity index (χ4v) is 1.73. The van der Waals surface area contributed by atoms with Crippen molar-refractivity contribution in [1.82, 2.24) is 0 Å². The molecule has 0 aromatic heterocycles. The molecule has 0 spiro atoms. The second kappa shape index (κ2) is 7.86. The maximum absolute atomic E-state index is 12.4. The van der Waals surface area contributed by atoms with Crippen LogP contribution in [0.15, 0.2) is 34.4 Å². The summed E-state index contributed by atoms with van der Waals surface area (Å²) >= 11 is 3.01. The molecule has 1 aromatic rings. The Morgan fingerprint density at radius 3 is 2.39 bits per heavy atom. The van der Waals surface area contributed by atoms with Crippen LogP contribution in [0.4, 0.5) is 18.9 Å². The zero-order valence-electron chi connectivity index (χ0n) is 11.9. The number of rotatable bonds is 5. The summed E-state index contributed by atoms with van der Waals surface area (Å²) in [5.74, 6) is -2.48. The standard InChI is InChI=1S/C13H11BrF3NO5/c1-21-11(19)6-9(12(20)22-2)18-8-4-3-7(14)5-10(8)23-13(15,16)17/h3-6,18H,1-2H3/b9-6+. The van der Waals surface area contributed by atoms with E-state index in [1.54, 1.807) is 0 Å². The number of methoxy groups -OCH3 is 2. The number of nitrogens with one attached hydrogen (secondary N) is 1. The van der Waals surface area contributed by atoms with Gasteiger partial charge >= 0.3 is 18.3 Å². The van der Waals surface area contributed by atoms with E-state index in [0.717, 1.165) is 26.4 Å². The summed E-state index contributed by atoms with van der Waals surface area (Å²) in [5, 5.41) is 2.35. The van der Waals surface area contributed by atoms with Gasteiger partial charge in [0.1, 0.15) is 5.70 Å². The predicted octanol–water partition coefficient (Wildman–Crippen LogP) is 2.99. The fourth-order valence-electron chi connectivity index (χ4n) is 1.39. The van der Waals surface area contributed by atoms with Crippen LogP contribution < -0.4 is 10.1 Å². The van der Waals surface area contributed by atoms with Crippen molar-refractivity contribution in [2.75, 3.05) is 19.5 Å². The first-order valence-electron chi connectivity index (χ1n) is 5.86.